The summed E-state index contributed by atoms with van der Waals surface area (Å²) in [4.78, 5) is 26.9. The molecule has 0 bridgehead atoms. The predicted octanol–water partition coefficient (Wildman–Crippen LogP) is -0.356. The molecule has 2 rings (SSSR count). The van der Waals surface area contributed by atoms with Gasteiger partial charge in [0, 0.05) is 26.1 Å². The molecule has 2 saturated heterocycles. The highest BCUT2D eigenvalue weighted by atomic mass is 32.2. The van der Waals surface area contributed by atoms with Gasteiger partial charge in [0.05, 0.1) is 11.5 Å². The molecule has 2 amide bonds. The minimum Gasteiger partial charge on any atom is -0.341 e. The van der Waals surface area contributed by atoms with E-state index in [-0.39, 0.29) is 35.9 Å². The van der Waals surface area contributed by atoms with Crippen LogP contribution in [0, 0.1) is 0 Å². The monoisotopic (exact) mass is 288 g/mol. The van der Waals surface area contributed by atoms with Gasteiger partial charge in [-0.3, -0.25) is 9.59 Å². The first-order valence-corrected chi connectivity index (χ1v) is 8.46. The maximum atomic E-state index is 12.1. The topological polar surface area (TPSA) is 74.8 Å². The summed E-state index contributed by atoms with van der Waals surface area (Å²) in [6, 6.07) is -0.339. The highest BCUT2D eigenvalue weighted by Crippen LogP contribution is 2.18. The van der Waals surface area contributed by atoms with Crippen molar-refractivity contribution in [2.45, 2.75) is 32.2 Å². The number of rotatable bonds is 3. The van der Waals surface area contributed by atoms with E-state index >= 15 is 0 Å². The van der Waals surface area contributed by atoms with Crippen molar-refractivity contribution in [2.75, 3.05) is 31.1 Å². The fourth-order valence-electron chi connectivity index (χ4n) is 2.73. The van der Waals surface area contributed by atoms with Gasteiger partial charge in [-0.25, -0.2) is 8.42 Å². The highest BCUT2D eigenvalue weighted by Gasteiger charge is 2.35. The molecule has 0 aromatic rings. The van der Waals surface area contributed by atoms with E-state index in [4.69, 9.17) is 0 Å². The van der Waals surface area contributed by atoms with Crippen molar-refractivity contribution in [3.8, 4) is 0 Å². The molecule has 0 radical (unpaired) electrons. The third kappa shape index (κ3) is 3.46. The first-order chi connectivity index (χ1) is 8.89. The summed E-state index contributed by atoms with van der Waals surface area (Å²) in [7, 11) is -3.05. The van der Waals surface area contributed by atoms with Crippen LogP contribution in [-0.2, 0) is 19.4 Å². The number of sulfone groups is 1. The Morgan fingerprint density at radius 1 is 1.26 bits per heavy atom. The largest absolute Gasteiger partial charge is 0.341 e. The molecule has 0 aromatic carbocycles. The molecule has 2 fully saturated rings. The van der Waals surface area contributed by atoms with E-state index in [1.165, 1.54) is 11.8 Å². The van der Waals surface area contributed by atoms with E-state index in [0.29, 0.717) is 6.42 Å². The summed E-state index contributed by atoms with van der Waals surface area (Å²) < 4.78 is 23.0. The van der Waals surface area contributed by atoms with Crippen LogP contribution in [-0.4, -0.2) is 67.2 Å². The minimum atomic E-state index is -3.05. The third-order valence-corrected chi connectivity index (χ3v) is 5.57. The number of likely N-dealkylation sites (tertiary alicyclic amines) is 1. The summed E-state index contributed by atoms with van der Waals surface area (Å²) in [5.74, 6) is -0.203. The zero-order valence-corrected chi connectivity index (χ0v) is 12.0. The number of nitrogens with zero attached hydrogens (tertiary/aromatic N) is 2. The second-order valence-electron chi connectivity index (χ2n) is 5.29. The van der Waals surface area contributed by atoms with Crippen LogP contribution in [0.5, 0.6) is 0 Å². The molecule has 2 heterocycles. The molecule has 2 aliphatic heterocycles. The molecule has 0 aromatic heterocycles. The maximum absolute atomic E-state index is 12.1. The molecule has 1 unspecified atom stereocenters. The number of carbonyl (C=O) groups excluding carboxylic acids is 2. The Kier molecular flexibility index (Phi) is 4.13. The van der Waals surface area contributed by atoms with Gasteiger partial charge in [0.25, 0.3) is 0 Å². The number of hydrogen-bond acceptors (Lipinski definition) is 4. The van der Waals surface area contributed by atoms with Gasteiger partial charge < -0.3 is 9.80 Å². The lowest BCUT2D eigenvalue weighted by atomic mass is 10.2. The van der Waals surface area contributed by atoms with Gasteiger partial charge in [-0.1, -0.05) is 0 Å². The number of carbonyl (C=O) groups is 2. The SMILES string of the molecule is CC(=O)N(CC(=O)N1CCCC1)C1CCS(=O)(=O)C1. The Hall–Kier alpha value is -1.11. The van der Waals surface area contributed by atoms with E-state index in [2.05, 4.69) is 0 Å². The van der Waals surface area contributed by atoms with Crippen molar-refractivity contribution >= 4 is 21.7 Å². The lowest BCUT2D eigenvalue weighted by molar-refractivity contribution is -0.140. The zero-order chi connectivity index (χ0) is 14.0. The maximum Gasteiger partial charge on any atom is 0.242 e. The molecule has 7 heteroatoms. The van der Waals surface area contributed by atoms with Gasteiger partial charge in [0.1, 0.15) is 6.54 Å². The summed E-state index contributed by atoms with van der Waals surface area (Å²) >= 11 is 0. The highest BCUT2D eigenvalue weighted by molar-refractivity contribution is 7.91. The van der Waals surface area contributed by atoms with E-state index in [0.717, 1.165) is 25.9 Å². The van der Waals surface area contributed by atoms with Crippen LogP contribution in [0.25, 0.3) is 0 Å². The lowest BCUT2D eigenvalue weighted by Crippen LogP contribution is -2.46. The predicted molar refractivity (Wildman–Crippen MR) is 70.3 cm³/mol. The van der Waals surface area contributed by atoms with Crippen LogP contribution in [0.1, 0.15) is 26.2 Å². The Morgan fingerprint density at radius 2 is 1.89 bits per heavy atom. The minimum absolute atomic E-state index is 0.00944. The van der Waals surface area contributed by atoms with Crippen molar-refractivity contribution in [1.29, 1.82) is 0 Å². The normalized spacial score (nSPS) is 25.5. The third-order valence-electron chi connectivity index (χ3n) is 3.82. The Morgan fingerprint density at radius 3 is 2.37 bits per heavy atom. The Bertz CT molecular complexity index is 468. The molecule has 0 N–H and O–H groups in total. The van der Waals surface area contributed by atoms with Crippen LogP contribution >= 0.6 is 0 Å². The van der Waals surface area contributed by atoms with E-state index < -0.39 is 9.84 Å². The average Bonchev–Trinajstić information content (AvgIpc) is 2.94. The summed E-state index contributed by atoms with van der Waals surface area (Å²) in [5, 5.41) is 0. The van der Waals surface area contributed by atoms with Crippen LogP contribution in [0.15, 0.2) is 0 Å². The van der Waals surface area contributed by atoms with E-state index in [9.17, 15) is 18.0 Å². The number of hydrogen-bond donors (Lipinski definition) is 0. The van der Waals surface area contributed by atoms with Gasteiger partial charge in [-0.15, -0.1) is 0 Å². The van der Waals surface area contributed by atoms with Gasteiger partial charge in [-0.2, -0.15) is 0 Å². The van der Waals surface area contributed by atoms with Crippen LogP contribution in [0.4, 0.5) is 0 Å². The van der Waals surface area contributed by atoms with Gasteiger partial charge >= 0.3 is 0 Å². The van der Waals surface area contributed by atoms with Crippen molar-refractivity contribution in [3.05, 3.63) is 0 Å². The molecule has 2 aliphatic rings. The van der Waals surface area contributed by atoms with Gasteiger partial charge in [0.15, 0.2) is 9.84 Å². The quantitative estimate of drug-likeness (QED) is 0.711. The second-order valence-corrected chi connectivity index (χ2v) is 7.52. The molecule has 0 saturated carbocycles. The average molecular weight is 288 g/mol. The smallest absolute Gasteiger partial charge is 0.242 e. The van der Waals surface area contributed by atoms with Crippen LogP contribution in [0.3, 0.4) is 0 Å². The molecule has 108 valence electrons. The summed E-state index contributed by atoms with van der Waals surface area (Å²) in [6.45, 7) is 2.89. The fraction of sp³-hybridized carbons (Fsp3) is 0.833. The zero-order valence-electron chi connectivity index (χ0n) is 11.2. The molecule has 0 aliphatic carbocycles. The first-order valence-electron chi connectivity index (χ1n) is 6.64. The Balaban J connectivity index is 2.00. The molecule has 0 spiro atoms. The standard InChI is InChI=1S/C12H20N2O4S/c1-10(15)14(11-4-7-19(17,18)9-11)8-12(16)13-5-2-3-6-13/h11H,2-9H2,1H3. The fourth-order valence-corrected chi connectivity index (χ4v) is 4.46. The molecule has 1 atom stereocenters. The van der Waals surface area contributed by atoms with Gasteiger partial charge in [-0.05, 0) is 19.3 Å². The van der Waals surface area contributed by atoms with Crippen molar-refractivity contribution in [2.24, 2.45) is 0 Å². The van der Waals surface area contributed by atoms with Crippen molar-refractivity contribution in [3.63, 3.8) is 0 Å². The van der Waals surface area contributed by atoms with Crippen LogP contribution < -0.4 is 0 Å². The van der Waals surface area contributed by atoms with E-state index in [1.807, 2.05) is 0 Å². The number of amides is 2. The van der Waals surface area contributed by atoms with Crippen LogP contribution in [0.2, 0.25) is 0 Å². The summed E-state index contributed by atoms with van der Waals surface area (Å²) in [5.41, 5.74) is 0. The molecule has 6 nitrogen and oxygen atoms in total. The summed E-state index contributed by atoms with van der Waals surface area (Å²) in [6.07, 6.45) is 2.45. The molecular weight excluding hydrogens is 268 g/mol. The first kappa shape index (κ1) is 14.3. The molecule has 19 heavy (non-hydrogen) atoms. The van der Waals surface area contributed by atoms with Crippen molar-refractivity contribution in [1.82, 2.24) is 9.80 Å². The second kappa shape index (κ2) is 5.48. The molecular formula is C12H20N2O4S. The van der Waals surface area contributed by atoms with Gasteiger partial charge in [0.2, 0.25) is 11.8 Å². The van der Waals surface area contributed by atoms with E-state index in [1.54, 1.807) is 4.90 Å². The lowest BCUT2D eigenvalue weighted by Gasteiger charge is -2.28. The Labute approximate surface area is 113 Å². The van der Waals surface area contributed by atoms with Crippen molar-refractivity contribution < 1.29 is 18.0 Å².